The maximum atomic E-state index is 11.2. The van der Waals surface area contributed by atoms with E-state index in [0.717, 1.165) is 5.56 Å². The van der Waals surface area contributed by atoms with Crippen molar-refractivity contribution in [2.24, 2.45) is 0 Å². The normalized spacial score (nSPS) is 21.4. The number of carbonyl (C=O) groups excluding carboxylic acids is 1. The van der Waals surface area contributed by atoms with Gasteiger partial charge in [0.2, 0.25) is 0 Å². The van der Waals surface area contributed by atoms with Crippen LogP contribution in [0.3, 0.4) is 0 Å². The third kappa shape index (κ3) is 1.71. The fourth-order valence-electron chi connectivity index (χ4n) is 1.64. The van der Waals surface area contributed by atoms with Crippen LogP contribution in [0, 0.1) is 0 Å². The van der Waals surface area contributed by atoms with Gasteiger partial charge in [-0.15, -0.1) is 0 Å². The number of hydrogen-bond donors (Lipinski definition) is 3. The predicted octanol–water partition coefficient (Wildman–Crippen LogP) is 0.979. The summed E-state index contributed by atoms with van der Waals surface area (Å²) in [5, 5.41) is 9.69. The molecule has 0 spiro atoms. The zero-order chi connectivity index (χ0) is 10.8. The molecule has 0 saturated carbocycles. The molecule has 4 nitrogen and oxygen atoms in total. The number of aliphatic hydroxyl groups is 1. The number of amides is 1. The van der Waals surface area contributed by atoms with Crippen molar-refractivity contribution in [1.29, 1.82) is 0 Å². The van der Waals surface area contributed by atoms with Crippen molar-refractivity contribution in [1.82, 2.24) is 10.9 Å². The van der Waals surface area contributed by atoms with Crippen molar-refractivity contribution in [3.63, 3.8) is 0 Å². The first-order valence-electron chi connectivity index (χ1n) is 4.74. The molecule has 0 aliphatic carbocycles. The second-order valence-electron chi connectivity index (χ2n) is 3.45. The Morgan fingerprint density at radius 1 is 1.27 bits per heavy atom. The molecule has 0 aromatic heterocycles. The van der Waals surface area contributed by atoms with Gasteiger partial charge in [0.05, 0.1) is 6.04 Å². The van der Waals surface area contributed by atoms with Crippen LogP contribution in [-0.2, 0) is 4.79 Å². The Labute approximate surface area is 87.6 Å². The van der Waals surface area contributed by atoms with Gasteiger partial charge in [0, 0.05) is 5.57 Å². The molecule has 3 N–H and O–H groups in total. The van der Waals surface area contributed by atoms with Crippen molar-refractivity contribution < 1.29 is 9.90 Å². The molecular weight excluding hydrogens is 192 g/mol. The van der Waals surface area contributed by atoms with Gasteiger partial charge in [-0.05, 0) is 12.5 Å². The monoisotopic (exact) mass is 204 g/mol. The van der Waals surface area contributed by atoms with Crippen LogP contribution >= 0.6 is 0 Å². The fraction of sp³-hybridized carbons (Fsp3) is 0.182. The van der Waals surface area contributed by atoms with Crippen LogP contribution in [-0.4, -0.2) is 17.1 Å². The number of hydrazine groups is 1. The van der Waals surface area contributed by atoms with E-state index >= 15 is 0 Å². The van der Waals surface area contributed by atoms with E-state index in [1.807, 2.05) is 37.3 Å². The quantitative estimate of drug-likeness (QED) is 0.639. The highest BCUT2D eigenvalue weighted by molar-refractivity contribution is 6.00. The third-order valence-corrected chi connectivity index (χ3v) is 2.39. The van der Waals surface area contributed by atoms with Crippen molar-refractivity contribution in [3.05, 3.63) is 41.7 Å². The molecule has 1 unspecified atom stereocenters. The average Bonchev–Trinajstić information content (AvgIpc) is 2.26. The Balaban J connectivity index is 2.50. The summed E-state index contributed by atoms with van der Waals surface area (Å²) in [6.45, 7) is 1.87. The summed E-state index contributed by atoms with van der Waals surface area (Å²) in [4.78, 5) is 11.2. The molecule has 4 heteroatoms. The first-order valence-corrected chi connectivity index (χ1v) is 4.74. The van der Waals surface area contributed by atoms with Crippen LogP contribution in [0.2, 0.25) is 0 Å². The van der Waals surface area contributed by atoms with Crippen molar-refractivity contribution >= 4 is 11.5 Å². The van der Waals surface area contributed by atoms with E-state index in [-0.39, 0.29) is 11.8 Å². The van der Waals surface area contributed by atoms with Crippen molar-refractivity contribution in [2.75, 3.05) is 0 Å². The van der Waals surface area contributed by atoms with Crippen molar-refractivity contribution in [3.8, 4) is 0 Å². The summed E-state index contributed by atoms with van der Waals surface area (Å²) in [6.07, 6.45) is 0. The summed E-state index contributed by atoms with van der Waals surface area (Å²) < 4.78 is 0. The van der Waals surface area contributed by atoms with E-state index < -0.39 is 5.91 Å². The van der Waals surface area contributed by atoms with Gasteiger partial charge in [-0.1, -0.05) is 30.3 Å². The lowest BCUT2D eigenvalue weighted by Crippen LogP contribution is -2.49. The fourth-order valence-corrected chi connectivity index (χ4v) is 1.64. The zero-order valence-electron chi connectivity index (χ0n) is 8.32. The lowest BCUT2D eigenvalue weighted by molar-refractivity contribution is -0.121. The molecule has 1 atom stereocenters. The third-order valence-electron chi connectivity index (χ3n) is 2.39. The highest BCUT2D eigenvalue weighted by Crippen LogP contribution is 2.23. The van der Waals surface area contributed by atoms with Crippen LogP contribution in [0.15, 0.2) is 36.1 Å². The maximum Gasteiger partial charge on any atom is 0.300 e. The molecule has 1 amide bonds. The number of aliphatic hydroxyl groups excluding tert-OH is 1. The predicted molar refractivity (Wildman–Crippen MR) is 56.7 cm³/mol. The van der Waals surface area contributed by atoms with Gasteiger partial charge in [0.25, 0.3) is 0 Å². The molecule has 1 aromatic carbocycles. The second-order valence-corrected chi connectivity index (χ2v) is 3.45. The van der Waals surface area contributed by atoms with E-state index in [1.165, 1.54) is 0 Å². The van der Waals surface area contributed by atoms with E-state index in [2.05, 4.69) is 10.9 Å². The molecule has 0 fully saturated rings. The van der Waals surface area contributed by atoms with Gasteiger partial charge in [0.15, 0.2) is 5.76 Å². The van der Waals surface area contributed by atoms with E-state index in [0.29, 0.717) is 5.57 Å². The molecule has 0 saturated heterocycles. The summed E-state index contributed by atoms with van der Waals surface area (Å²) in [7, 11) is 0. The Bertz CT molecular complexity index is 412. The molecular formula is C11H12N2O2. The standard InChI is InChI=1S/C11H12N2O2/c1-7-9(8-5-3-2-4-6-8)10(14)11(15)13-12-7/h2-7,12,14H,1H3,(H,13,15). The van der Waals surface area contributed by atoms with Gasteiger partial charge in [-0.3, -0.25) is 10.2 Å². The molecule has 0 bridgehead atoms. The highest BCUT2D eigenvalue weighted by Gasteiger charge is 2.25. The lowest BCUT2D eigenvalue weighted by Gasteiger charge is -2.24. The smallest absolute Gasteiger partial charge is 0.300 e. The number of benzene rings is 1. The molecule has 2 rings (SSSR count). The number of nitrogens with one attached hydrogen (secondary N) is 2. The van der Waals surface area contributed by atoms with E-state index in [4.69, 9.17) is 0 Å². The molecule has 15 heavy (non-hydrogen) atoms. The lowest BCUT2D eigenvalue weighted by atomic mass is 9.97. The minimum atomic E-state index is -0.494. The van der Waals surface area contributed by atoms with Crippen LogP contribution < -0.4 is 10.9 Å². The molecule has 0 radical (unpaired) electrons. The average molecular weight is 204 g/mol. The largest absolute Gasteiger partial charge is 0.503 e. The Kier molecular flexibility index (Phi) is 2.43. The highest BCUT2D eigenvalue weighted by atomic mass is 16.3. The van der Waals surface area contributed by atoms with Gasteiger partial charge in [-0.25, -0.2) is 5.43 Å². The first kappa shape index (κ1) is 9.73. The van der Waals surface area contributed by atoms with Crippen LogP contribution in [0.1, 0.15) is 12.5 Å². The molecule has 1 aromatic rings. The summed E-state index contributed by atoms with van der Waals surface area (Å²) in [5.41, 5.74) is 6.65. The summed E-state index contributed by atoms with van der Waals surface area (Å²) in [6, 6.07) is 9.25. The van der Waals surface area contributed by atoms with Crippen LogP contribution in [0.25, 0.3) is 5.57 Å². The molecule has 1 heterocycles. The van der Waals surface area contributed by atoms with E-state index in [1.54, 1.807) is 0 Å². The topological polar surface area (TPSA) is 61.4 Å². The summed E-state index contributed by atoms with van der Waals surface area (Å²) in [5.74, 6) is -0.709. The van der Waals surface area contributed by atoms with E-state index in [9.17, 15) is 9.90 Å². The molecule has 78 valence electrons. The minimum absolute atomic E-state index is 0.106. The Morgan fingerprint density at radius 3 is 2.60 bits per heavy atom. The van der Waals surface area contributed by atoms with Crippen LogP contribution in [0.5, 0.6) is 0 Å². The Hall–Kier alpha value is -1.81. The zero-order valence-corrected chi connectivity index (χ0v) is 8.32. The molecule has 1 aliphatic rings. The van der Waals surface area contributed by atoms with Crippen molar-refractivity contribution in [2.45, 2.75) is 13.0 Å². The first-order chi connectivity index (χ1) is 7.20. The van der Waals surface area contributed by atoms with Gasteiger partial charge >= 0.3 is 5.91 Å². The van der Waals surface area contributed by atoms with Gasteiger partial charge < -0.3 is 5.11 Å². The SMILES string of the molecule is CC1NNC(=O)C(O)=C1c1ccccc1. The second kappa shape index (κ2) is 3.74. The number of rotatable bonds is 1. The number of hydrogen-bond acceptors (Lipinski definition) is 3. The Morgan fingerprint density at radius 2 is 1.93 bits per heavy atom. The summed E-state index contributed by atoms with van der Waals surface area (Å²) >= 11 is 0. The maximum absolute atomic E-state index is 11.2. The molecule has 1 aliphatic heterocycles. The number of carbonyl (C=O) groups is 1. The van der Waals surface area contributed by atoms with Gasteiger partial charge in [-0.2, -0.15) is 0 Å². The van der Waals surface area contributed by atoms with Crippen LogP contribution in [0.4, 0.5) is 0 Å². The van der Waals surface area contributed by atoms with Gasteiger partial charge in [0.1, 0.15) is 0 Å². The minimum Gasteiger partial charge on any atom is -0.503 e.